The number of benzene rings is 3. The van der Waals surface area contributed by atoms with Crippen LogP contribution in [0.3, 0.4) is 0 Å². The van der Waals surface area contributed by atoms with Crippen LogP contribution in [0.2, 0.25) is 0 Å². The molecule has 0 fully saturated rings. The van der Waals surface area contributed by atoms with E-state index in [0.717, 1.165) is 57.4 Å². The van der Waals surface area contributed by atoms with Gasteiger partial charge in [-0.3, -0.25) is 0 Å². The van der Waals surface area contributed by atoms with Crippen LogP contribution in [0.1, 0.15) is 179 Å². The second-order valence-electron chi connectivity index (χ2n) is 16.2. The van der Waals surface area contributed by atoms with Gasteiger partial charge in [-0.25, -0.2) is 0 Å². The van der Waals surface area contributed by atoms with Crippen molar-refractivity contribution in [1.82, 2.24) is 0 Å². The van der Waals surface area contributed by atoms with Gasteiger partial charge in [0.05, 0.1) is 0 Å². The molecule has 0 bridgehead atoms. The normalized spacial score (nSPS) is 12.7. The number of nitrogens with two attached hydrogens (primary N) is 1. The number of unbranched alkanes of at least 4 members (excludes halogenated alkanes) is 18. The topological polar surface area (TPSA) is 176 Å². The third-order valence-electron chi connectivity index (χ3n) is 10.7. The number of hydrogen-bond acceptors (Lipinski definition) is 11. The van der Waals surface area contributed by atoms with E-state index in [0.29, 0.717) is 36.8 Å². The van der Waals surface area contributed by atoms with E-state index >= 15 is 0 Å². The minimum atomic E-state index is -6.97. The van der Waals surface area contributed by atoms with Crippen LogP contribution in [0, 0.1) is 0 Å². The van der Waals surface area contributed by atoms with Crippen molar-refractivity contribution >= 4 is 36.0 Å². The van der Waals surface area contributed by atoms with Gasteiger partial charge in [-0.2, -0.15) is 0 Å². The van der Waals surface area contributed by atoms with Crippen LogP contribution < -0.4 is 5.73 Å². The fourth-order valence-corrected chi connectivity index (χ4v) is 17.4. The summed E-state index contributed by atoms with van der Waals surface area (Å²) in [6.45, 7) is 7.81. The molecule has 0 atom stereocenters. The Bertz CT molecular complexity index is 1960. The molecular formula is C45H71NO10S3Ti. The minimum absolute atomic E-state index is 0.203. The number of rotatable bonds is 32. The number of hydrogen-bond donors (Lipinski definition) is 2. The van der Waals surface area contributed by atoms with E-state index in [4.69, 9.17) is 14.0 Å². The monoisotopic (exact) mass is 929 g/mol. The molecule has 3 aromatic carbocycles. The summed E-state index contributed by atoms with van der Waals surface area (Å²) >= 11 is -6.97. The molecule has 3 rings (SSSR count). The summed E-state index contributed by atoms with van der Waals surface area (Å²) in [7, 11) is -15.2. The summed E-state index contributed by atoms with van der Waals surface area (Å²) in [5, 5.41) is 0. The summed E-state index contributed by atoms with van der Waals surface area (Å²) in [6, 6.07) is 15.9. The molecule has 0 aliphatic carbocycles. The van der Waals surface area contributed by atoms with Crippen LogP contribution in [-0.2, 0) is 69.6 Å². The molecule has 0 aliphatic heterocycles. The van der Waals surface area contributed by atoms with Gasteiger partial charge >= 0.3 is 318 Å². The van der Waals surface area contributed by atoms with Gasteiger partial charge in [-0.1, -0.05) is 52.4 Å². The van der Waals surface area contributed by atoms with Crippen LogP contribution in [0.15, 0.2) is 81.4 Å². The van der Waals surface area contributed by atoms with Crippen LogP contribution >= 0.6 is 0 Å². The summed E-state index contributed by atoms with van der Waals surface area (Å²) in [4.78, 5) is -1.13. The Morgan fingerprint density at radius 2 is 0.833 bits per heavy atom. The standard InChI is InChI=1S/2C18H30O3S.C9H13NO3S.H2O.Ti/c2*1-2-3-4-5-6-7-8-9-10-11-14-17-15-12-13-16-18(17)22(19,20)21;1-6(2)8-5-7(10)3-4-9(8)14(11,12)13;;/h2*12-13,15-16H,2-11,14H2,1H3,(H,19,20,21);3-6H,10H2,1-2H3,(H,11,12,13);1H2;/q;;;;+4/p-4. The van der Waals surface area contributed by atoms with Gasteiger partial charge in [-0.15, -0.1) is 0 Å². The van der Waals surface area contributed by atoms with Gasteiger partial charge in [-0.05, 0) is 0 Å². The molecule has 0 unspecified atom stereocenters. The average molecular weight is 930 g/mol. The fraction of sp³-hybridized carbons (Fsp3) is 0.600. The molecule has 0 spiro atoms. The first-order chi connectivity index (χ1) is 28.5. The summed E-state index contributed by atoms with van der Waals surface area (Å²) in [5.74, 6) is -0.410. The molecule has 0 saturated heterocycles. The summed E-state index contributed by atoms with van der Waals surface area (Å²) in [5.41, 5.74) is 7.15. The molecule has 15 heteroatoms. The maximum atomic E-state index is 14.1. The second kappa shape index (κ2) is 26.5. The van der Waals surface area contributed by atoms with Gasteiger partial charge in [0.1, 0.15) is 0 Å². The molecule has 0 aromatic heterocycles. The molecule has 0 saturated carbocycles. The van der Waals surface area contributed by atoms with E-state index in [1.54, 1.807) is 38.1 Å². The van der Waals surface area contributed by atoms with Crippen molar-refractivity contribution in [2.75, 3.05) is 5.73 Å². The molecule has 3 N–H and O–H groups in total. The summed E-state index contributed by atoms with van der Waals surface area (Å²) < 4.78 is 112. The SMILES string of the molecule is CCCCCCCCCCCCc1ccccc1S(=O)(=O)[O][Ti]([OH])([O]S(=O)(=O)c1ccccc1CCCCCCCCCCCC)[O]S(=O)(=O)c1ccc(N)cc1C(C)C. The predicted octanol–water partition coefficient (Wildman–Crippen LogP) is 11.6. The first-order valence-corrected chi connectivity index (χ1v) is 29.0. The number of anilines is 1. The number of nitrogen functional groups attached to an aromatic ring is 1. The first-order valence-electron chi connectivity index (χ1n) is 22.2. The molecular weight excluding hydrogens is 859 g/mol. The zero-order valence-corrected chi connectivity index (χ0v) is 40.4. The zero-order chi connectivity index (χ0) is 44.1. The molecule has 0 radical (unpaired) electrons. The van der Waals surface area contributed by atoms with Crippen molar-refractivity contribution in [3.8, 4) is 0 Å². The number of aryl methyl sites for hydroxylation is 2. The third-order valence-corrected chi connectivity index (χ3v) is 20.8. The van der Waals surface area contributed by atoms with E-state index in [1.165, 1.54) is 101 Å². The van der Waals surface area contributed by atoms with Gasteiger partial charge < -0.3 is 0 Å². The van der Waals surface area contributed by atoms with E-state index in [9.17, 15) is 28.9 Å². The van der Waals surface area contributed by atoms with Crippen LogP contribution in [0.25, 0.3) is 0 Å². The maximum absolute atomic E-state index is 14.1. The van der Waals surface area contributed by atoms with E-state index in [2.05, 4.69) is 13.8 Å². The van der Waals surface area contributed by atoms with Crippen molar-refractivity contribution in [2.45, 2.75) is 190 Å². The Labute approximate surface area is 367 Å². The van der Waals surface area contributed by atoms with Crippen LogP contribution in [-0.4, -0.2) is 28.9 Å². The van der Waals surface area contributed by atoms with Crippen LogP contribution in [0.4, 0.5) is 5.69 Å². The van der Waals surface area contributed by atoms with Gasteiger partial charge in [0.25, 0.3) is 0 Å². The fourth-order valence-electron chi connectivity index (χ4n) is 7.35. The molecule has 0 heterocycles. The van der Waals surface area contributed by atoms with Gasteiger partial charge in [0.2, 0.25) is 0 Å². The van der Waals surface area contributed by atoms with Crippen molar-refractivity contribution in [3.05, 3.63) is 83.4 Å². The first kappa shape index (κ1) is 52.2. The molecule has 60 heavy (non-hydrogen) atoms. The van der Waals surface area contributed by atoms with Crippen molar-refractivity contribution < 1.29 is 55.4 Å². The Kier molecular flexibility index (Phi) is 23.0. The van der Waals surface area contributed by atoms with Gasteiger partial charge in [0.15, 0.2) is 0 Å². The Balaban J connectivity index is 1.86. The Morgan fingerprint density at radius 3 is 1.20 bits per heavy atom. The Morgan fingerprint density at radius 1 is 0.500 bits per heavy atom. The van der Waals surface area contributed by atoms with Crippen molar-refractivity contribution in [1.29, 1.82) is 0 Å². The third kappa shape index (κ3) is 17.9. The predicted molar refractivity (Wildman–Crippen MR) is 236 cm³/mol. The van der Waals surface area contributed by atoms with E-state index < -0.39 is 59.3 Å². The molecule has 0 amide bonds. The molecule has 3 aromatic rings. The van der Waals surface area contributed by atoms with Crippen molar-refractivity contribution in [2.24, 2.45) is 0 Å². The molecule has 0 aliphatic rings. The van der Waals surface area contributed by atoms with E-state index in [1.807, 2.05) is 0 Å². The van der Waals surface area contributed by atoms with Gasteiger partial charge in [0, 0.05) is 0 Å². The molecule has 338 valence electrons. The Hall–Kier alpha value is -2.14. The second-order valence-corrected chi connectivity index (χ2v) is 24.7. The van der Waals surface area contributed by atoms with Crippen molar-refractivity contribution in [3.63, 3.8) is 0 Å². The average Bonchev–Trinajstić information content (AvgIpc) is 3.18. The van der Waals surface area contributed by atoms with Crippen LogP contribution in [0.5, 0.6) is 0 Å². The molecule has 11 nitrogen and oxygen atoms in total. The van der Waals surface area contributed by atoms with E-state index in [-0.39, 0.29) is 21.0 Å². The quantitative estimate of drug-likeness (QED) is 0.0346. The zero-order valence-electron chi connectivity index (χ0n) is 36.4. The summed E-state index contributed by atoms with van der Waals surface area (Å²) in [6.07, 6.45) is 22.6.